The number of hydrogen-bond acceptors (Lipinski definition) is 7. The molecule has 0 aliphatic heterocycles. The second-order valence-electron chi connectivity index (χ2n) is 0.597. The summed E-state index contributed by atoms with van der Waals surface area (Å²) in [6, 6.07) is 0. The monoisotopic (exact) mass is 351 g/mol. The van der Waals surface area contributed by atoms with E-state index in [1.54, 1.807) is 0 Å². The smallest absolute Gasteiger partial charge is 0.759 e. The first-order valence-electron chi connectivity index (χ1n) is 1.13. The van der Waals surface area contributed by atoms with E-state index in [2.05, 4.69) is 0 Å². The second-order valence-corrected chi connectivity index (χ2v) is 2.49. The minimum atomic E-state index is -5.17. The van der Waals surface area contributed by atoms with E-state index in [4.69, 9.17) is 27.8 Å². The van der Waals surface area contributed by atoms with Gasteiger partial charge >= 0.3 is 75.5 Å². The fourth-order valence-electron chi connectivity index (χ4n) is 0. The van der Waals surface area contributed by atoms with Crippen molar-refractivity contribution in [3.63, 3.8) is 0 Å². The van der Waals surface area contributed by atoms with Gasteiger partial charge in [0.05, 0.1) is 0 Å². The van der Waals surface area contributed by atoms with Gasteiger partial charge in [0.1, 0.15) is 0 Å². The minimum Gasteiger partial charge on any atom is -0.759 e. The summed E-state index contributed by atoms with van der Waals surface area (Å²) < 4.78 is 59.8. The quantitative estimate of drug-likeness (QED) is 0.182. The maximum absolute atomic E-state index is 8.57. The molecule has 0 aromatic rings. The maximum Gasteiger partial charge on any atom is 2.00 e. The molecule has 58 valence electrons. The third-order valence-electron chi connectivity index (χ3n) is 0. The van der Waals surface area contributed by atoms with Crippen LogP contribution in [0.4, 0.5) is 0 Å². The Balaban J connectivity index is -0.0000000383. The molecule has 7 nitrogen and oxygen atoms in total. The molecule has 0 aromatic heterocycles. The summed E-state index contributed by atoms with van der Waals surface area (Å²) in [5.74, 6) is 0. The zero-order valence-corrected chi connectivity index (χ0v) is 12.4. The van der Waals surface area contributed by atoms with Crippen LogP contribution in [-0.2, 0) is 10.4 Å². The van der Waals surface area contributed by atoms with Crippen molar-refractivity contribution in [1.82, 2.24) is 0 Å². The van der Waals surface area contributed by atoms with Crippen LogP contribution in [0.1, 0.15) is 0 Å². The van der Waals surface area contributed by atoms with Crippen LogP contribution in [0.3, 0.4) is 0 Å². The van der Waals surface area contributed by atoms with Crippen molar-refractivity contribution < 1.29 is 48.9 Å². The Bertz CT molecular complexity index is 128. The van der Waals surface area contributed by atoms with Gasteiger partial charge in [0, 0.05) is 10.4 Å². The molecule has 0 amide bonds. The maximum atomic E-state index is 8.57. The van der Waals surface area contributed by atoms with Crippen LogP contribution in [0.5, 0.6) is 0 Å². The zero-order chi connectivity index (χ0) is 8.08. The summed E-state index contributed by atoms with van der Waals surface area (Å²) in [6.07, 6.45) is 0. The Hall–Kier alpha value is 3.00. The Morgan fingerprint density at radius 2 is 0.909 bits per heavy atom. The molecule has 0 spiro atoms. The van der Waals surface area contributed by atoms with Gasteiger partial charge < -0.3 is 19.4 Å². The van der Waals surface area contributed by atoms with Crippen molar-refractivity contribution in [2.24, 2.45) is 0 Å². The molecule has 0 aliphatic carbocycles. The summed E-state index contributed by atoms with van der Waals surface area (Å²) in [5.41, 5.74) is 0. The third-order valence-corrected chi connectivity index (χ3v) is 0. The van der Waals surface area contributed by atoms with Gasteiger partial charge in [0.25, 0.3) is 21.1 Å². The molecule has 11 heavy (non-hydrogen) atoms. The number of halogens is 1. The summed E-state index contributed by atoms with van der Waals surface area (Å²) in [6.45, 7) is 0. The van der Waals surface area contributed by atoms with Gasteiger partial charge in [-0.05, 0) is 0 Å². The summed E-state index contributed by atoms with van der Waals surface area (Å²) in [5, 5.41) is 0. The number of rotatable bonds is 0. The van der Waals surface area contributed by atoms with Crippen molar-refractivity contribution in [1.29, 1.82) is 0 Å². The van der Waals surface area contributed by atoms with Crippen molar-refractivity contribution in [3.8, 4) is 0 Å². The summed E-state index contributed by atoms with van der Waals surface area (Å²) >= 11 is -4.01. The van der Waals surface area contributed by atoms with Crippen molar-refractivity contribution in [3.05, 3.63) is 0 Å². The first-order valence-corrected chi connectivity index (χ1v) is 5.11. The molecule has 11 heteroatoms. The van der Waals surface area contributed by atoms with E-state index >= 15 is 0 Å². The molecule has 0 radical (unpaired) electrons. The zero-order valence-electron chi connectivity index (χ0n) is 5.06. The standard InChI is InChI=1S/2Ca.IO3.H2O4S/c;;2-1(3)4;1-5(2,3)4/h;;;(H2,1,2,3,4)/q2*+2;-1;/p-2. The van der Waals surface area contributed by atoms with E-state index in [0.717, 1.165) is 0 Å². The Labute approximate surface area is 132 Å². The first kappa shape index (κ1) is 23.7. The van der Waals surface area contributed by atoms with Gasteiger partial charge in [-0.1, -0.05) is 0 Å². The molecule has 0 saturated carbocycles. The Kier molecular flexibility index (Phi) is 28.0. The average molecular weight is 351 g/mol. The molecule has 0 aliphatic rings. The van der Waals surface area contributed by atoms with Gasteiger partial charge in [-0.15, -0.1) is 0 Å². The molecule has 0 heterocycles. The van der Waals surface area contributed by atoms with Crippen LogP contribution >= 0.6 is 0 Å². The average Bonchev–Trinajstić information content (AvgIpc) is 1.19. The van der Waals surface area contributed by atoms with E-state index in [1.807, 2.05) is 0 Å². The molecule has 0 saturated heterocycles. The molecular weight excluding hydrogens is 351 g/mol. The van der Waals surface area contributed by atoms with E-state index in [9.17, 15) is 0 Å². The van der Waals surface area contributed by atoms with Gasteiger partial charge in [-0.25, -0.2) is 0 Å². The topological polar surface area (TPSA) is 149 Å². The minimum absolute atomic E-state index is 0. The van der Waals surface area contributed by atoms with Crippen LogP contribution in [-0.4, -0.2) is 93.0 Å². The van der Waals surface area contributed by atoms with Crippen LogP contribution in [0.25, 0.3) is 0 Å². The predicted octanol–water partition coefficient (Wildman–Crippen LogP) is -8.66. The summed E-state index contributed by atoms with van der Waals surface area (Å²) in [4.78, 5) is 0. The molecular formula is Ca2IO7S+. The fraction of sp³-hybridized carbons (Fsp3) is 0. The van der Waals surface area contributed by atoms with E-state index in [1.165, 1.54) is 0 Å². The fourth-order valence-corrected chi connectivity index (χ4v) is 0. The van der Waals surface area contributed by atoms with Crippen molar-refractivity contribution in [2.45, 2.75) is 0 Å². The predicted molar refractivity (Wildman–Crippen MR) is 22.0 cm³/mol. The van der Waals surface area contributed by atoms with Gasteiger partial charge in [0.2, 0.25) is 0 Å². The molecule has 0 atom stereocenters. The van der Waals surface area contributed by atoms with E-state index in [0.29, 0.717) is 0 Å². The van der Waals surface area contributed by atoms with Crippen LogP contribution < -0.4 is 31.4 Å². The summed E-state index contributed by atoms with van der Waals surface area (Å²) in [7, 11) is -5.17. The van der Waals surface area contributed by atoms with Crippen LogP contribution in [0.2, 0.25) is 0 Å². The van der Waals surface area contributed by atoms with Crippen LogP contribution in [0.15, 0.2) is 0 Å². The Morgan fingerprint density at radius 3 is 0.909 bits per heavy atom. The molecule has 0 aromatic carbocycles. The first-order chi connectivity index (χ1) is 3.73. The molecule has 0 N–H and O–H groups in total. The second kappa shape index (κ2) is 13.0. The molecule has 0 unspecified atom stereocenters. The third kappa shape index (κ3) is 175. The van der Waals surface area contributed by atoms with Crippen molar-refractivity contribution >= 4 is 85.9 Å². The van der Waals surface area contributed by atoms with Gasteiger partial charge in [0.15, 0.2) is 0 Å². The largest absolute Gasteiger partial charge is 2.00 e. The van der Waals surface area contributed by atoms with Gasteiger partial charge in [-0.2, -0.15) is 0 Å². The molecule has 0 fully saturated rings. The molecule has 0 rings (SSSR count). The van der Waals surface area contributed by atoms with E-state index < -0.39 is 31.5 Å². The van der Waals surface area contributed by atoms with Crippen LogP contribution in [0, 0.1) is 0 Å². The number of hydrogen-bond donors (Lipinski definition) is 0. The molecule has 0 bridgehead atoms. The van der Waals surface area contributed by atoms with E-state index in [-0.39, 0.29) is 75.5 Å². The van der Waals surface area contributed by atoms with Crippen molar-refractivity contribution in [2.75, 3.05) is 0 Å². The Morgan fingerprint density at radius 1 is 0.909 bits per heavy atom. The van der Waals surface area contributed by atoms with Gasteiger partial charge in [-0.3, -0.25) is 8.42 Å². The SMILES string of the molecule is O=S(=O)([O-])[O-].[Ca+2].[Ca+2].[O-][I+2]([O-])[O-]. The normalized spacial score (nSPS) is 8.55.